The normalized spacial score (nSPS) is 10.3. The molecule has 0 bridgehead atoms. The minimum atomic E-state index is -0.444. The van der Waals surface area contributed by atoms with Crippen molar-refractivity contribution >= 4 is 28.8 Å². The third-order valence-corrected chi connectivity index (χ3v) is 2.59. The van der Waals surface area contributed by atoms with Crippen molar-refractivity contribution in [2.75, 3.05) is 11.1 Å². The number of aryl methyl sites for hydroxylation is 1. The van der Waals surface area contributed by atoms with Crippen molar-refractivity contribution in [2.24, 2.45) is 0 Å². The number of aromatic nitrogens is 1. The fourth-order valence-corrected chi connectivity index (χ4v) is 1.61. The third kappa shape index (κ3) is 2.47. The zero-order valence-electron chi connectivity index (χ0n) is 9.17. The van der Waals surface area contributed by atoms with Crippen molar-refractivity contribution in [3.05, 3.63) is 46.9 Å². The molecule has 0 aliphatic carbocycles. The van der Waals surface area contributed by atoms with Crippen molar-refractivity contribution in [3.8, 4) is 0 Å². The Morgan fingerprint density at radius 3 is 2.76 bits per heavy atom. The predicted octanol–water partition coefficient (Wildman–Crippen LogP) is 3.51. The highest BCUT2D eigenvalue weighted by Crippen LogP contribution is 2.29. The summed E-state index contributed by atoms with van der Waals surface area (Å²) in [5.74, 6) is -0.0443. The molecule has 2 aromatic rings. The van der Waals surface area contributed by atoms with Gasteiger partial charge < -0.3 is 11.1 Å². The van der Waals surface area contributed by atoms with Gasteiger partial charge in [-0.25, -0.2) is 9.37 Å². The molecule has 0 fully saturated rings. The second kappa shape index (κ2) is 4.59. The molecule has 5 heteroatoms. The third-order valence-electron chi connectivity index (χ3n) is 2.27. The summed E-state index contributed by atoms with van der Waals surface area (Å²) >= 11 is 5.90. The predicted molar refractivity (Wildman–Crippen MR) is 68.1 cm³/mol. The average molecular weight is 252 g/mol. The van der Waals surface area contributed by atoms with E-state index >= 15 is 0 Å². The highest BCUT2D eigenvalue weighted by Gasteiger charge is 2.09. The Balaban J connectivity index is 2.41. The van der Waals surface area contributed by atoms with Gasteiger partial charge in [-0.2, -0.15) is 0 Å². The summed E-state index contributed by atoms with van der Waals surface area (Å²) in [7, 11) is 0. The van der Waals surface area contributed by atoms with Gasteiger partial charge in [-0.3, -0.25) is 0 Å². The summed E-state index contributed by atoms with van der Waals surface area (Å²) in [6.45, 7) is 1.83. The van der Waals surface area contributed by atoms with Gasteiger partial charge in [-0.05, 0) is 31.2 Å². The van der Waals surface area contributed by atoms with Crippen LogP contribution in [0.15, 0.2) is 30.3 Å². The van der Waals surface area contributed by atoms with E-state index in [1.165, 1.54) is 12.1 Å². The van der Waals surface area contributed by atoms with E-state index < -0.39 is 5.82 Å². The molecule has 3 nitrogen and oxygen atoms in total. The Morgan fingerprint density at radius 2 is 2.06 bits per heavy atom. The van der Waals surface area contributed by atoms with Gasteiger partial charge >= 0.3 is 0 Å². The van der Waals surface area contributed by atoms with Crippen molar-refractivity contribution in [1.29, 1.82) is 0 Å². The van der Waals surface area contributed by atoms with Crippen LogP contribution < -0.4 is 11.1 Å². The number of benzene rings is 1. The van der Waals surface area contributed by atoms with E-state index in [0.717, 1.165) is 5.69 Å². The molecule has 2 rings (SSSR count). The largest absolute Gasteiger partial charge is 0.396 e. The van der Waals surface area contributed by atoms with Crippen molar-refractivity contribution < 1.29 is 4.39 Å². The van der Waals surface area contributed by atoms with Gasteiger partial charge in [-0.1, -0.05) is 17.7 Å². The lowest BCUT2D eigenvalue weighted by molar-refractivity contribution is 0.632. The van der Waals surface area contributed by atoms with Gasteiger partial charge in [0.05, 0.1) is 16.4 Å². The van der Waals surface area contributed by atoms with E-state index in [1.54, 1.807) is 18.2 Å². The molecule has 0 radical (unpaired) electrons. The lowest BCUT2D eigenvalue weighted by Gasteiger charge is -2.11. The van der Waals surface area contributed by atoms with E-state index in [-0.39, 0.29) is 10.7 Å². The van der Waals surface area contributed by atoms with Crippen LogP contribution in [0.4, 0.5) is 21.6 Å². The molecule has 0 spiro atoms. The molecule has 3 N–H and O–H groups in total. The number of nitrogen functional groups attached to an aromatic ring is 1. The van der Waals surface area contributed by atoms with Crippen LogP contribution in [0.25, 0.3) is 0 Å². The maximum Gasteiger partial charge on any atom is 0.153 e. The minimum absolute atomic E-state index is 0.180. The van der Waals surface area contributed by atoms with Crippen LogP contribution in [0.3, 0.4) is 0 Å². The Bertz CT molecular complexity index is 537. The first kappa shape index (κ1) is 11.7. The van der Waals surface area contributed by atoms with E-state index in [2.05, 4.69) is 10.3 Å². The number of nitrogens with one attached hydrogen (secondary N) is 1. The number of nitrogens with two attached hydrogens (primary N) is 1. The summed E-state index contributed by atoms with van der Waals surface area (Å²) in [5, 5.41) is 3.09. The number of nitrogens with zero attached hydrogens (tertiary/aromatic N) is 1. The number of halogens is 2. The molecular weight excluding hydrogens is 241 g/mol. The summed E-state index contributed by atoms with van der Waals surface area (Å²) in [6, 6.07) is 7.94. The monoisotopic (exact) mass is 251 g/mol. The second-order valence-corrected chi connectivity index (χ2v) is 4.02. The maximum atomic E-state index is 13.6. The molecule has 0 aliphatic rings. The Labute approximate surface area is 103 Å². The quantitative estimate of drug-likeness (QED) is 0.859. The standard InChI is InChI=1S/C12H11ClFN3/c1-7-5-6-10(15)12(16-7)17-11-8(13)3-2-4-9(11)14/h2-6H,15H2,1H3,(H,16,17). The summed E-state index contributed by atoms with van der Waals surface area (Å²) in [5.41, 5.74) is 7.15. The highest BCUT2D eigenvalue weighted by atomic mass is 35.5. The van der Waals surface area contributed by atoms with E-state index in [1.807, 2.05) is 6.92 Å². The number of anilines is 3. The topological polar surface area (TPSA) is 50.9 Å². The smallest absolute Gasteiger partial charge is 0.153 e. The number of para-hydroxylation sites is 1. The molecule has 1 aromatic carbocycles. The summed E-state index contributed by atoms with van der Waals surface area (Å²) in [4.78, 5) is 4.19. The summed E-state index contributed by atoms with van der Waals surface area (Å²) in [6.07, 6.45) is 0. The fourth-order valence-electron chi connectivity index (χ4n) is 1.40. The van der Waals surface area contributed by atoms with Crippen LogP contribution >= 0.6 is 11.6 Å². The van der Waals surface area contributed by atoms with Crippen LogP contribution in [-0.4, -0.2) is 4.98 Å². The molecule has 17 heavy (non-hydrogen) atoms. The van der Waals surface area contributed by atoms with Gasteiger partial charge in [0.2, 0.25) is 0 Å². The SMILES string of the molecule is Cc1ccc(N)c(Nc2c(F)cccc2Cl)n1. The van der Waals surface area contributed by atoms with Crippen LogP contribution in [0, 0.1) is 12.7 Å². The lowest BCUT2D eigenvalue weighted by atomic mass is 10.3. The van der Waals surface area contributed by atoms with E-state index in [0.29, 0.717) is 11.5 Å². The first-order valence-electron chi connectivity index (χ1n) is 5.02. The molecule has 88 valence electrons. The number of pyridine rings is 1. The van der Waals surface area contributed by atoms with Crippen molar-refractivity contribution in [2.45, 2.75) is 6.92 Å². The second-order valence-electron chi connectivity index (χ2n) is 3.61. The Hall–Kier alpha value is -1.81. The van der Waals surface area contributed by atoms with Gasteiger partial charge in [0.15, 0.2) is 5.82 Å². The number of rotatable bonds is 2. The molecule has 1 heterocycles. The van der Waals surface area contributed by atoms with E-state index in [4.69, 9.17) is 17.3 Å². The average Bonchev–Trinajstić information content (AvgIpc) is 2.28. The molecular formula is C12H11ClFN3. The molecule has 0 saturated heterocycles. The Kier molecular flexibility index (Phi) is 3.15. The summed E-state index contributed by atoms with van der Waals surface area (Å²) < 4.78 is 13.6. The van der Waals surface area contributed by atoms with Gasteiger partial charge in [-0.15, -0.1) is 0 Å². The molecule has 0 amide bonds. The lowest BCUT2D eigenvalue weighted by Crippen LogP contribution is -2.02. The minimum Gasteiger partial charge on any atom is -0.396 e. The van der Waals surface area contributed by atoms with Crippen LogP contribution in [0.5, 0.6) is 0 Å². The van der Waals surface area contributed by atoms with E-state index in [9.17, 15) is 4.39 Å². The van der Waals surface area contributed by atoms with Crippen molar-refractivity contribution in [1.82, 2.24) is 4.98 Å². The number of hydrogen-bond acceptors (Lipinski definition) is 3. The first-order valence-corrected chi connectivity index (χ1v) is 5.40. The zero-order valence-corrected chi connectivity index (χ0v) is 9.92. The van der Waals surface area contributed by atoms with Gasteiger partial charge in [0.1, 0.15) is 5.82 Å². The van der Waals surface area contributed by atoms with Gasteiger partial charge in [0, 0.05) is 5.69 Å². The van der Waals surface area contributed by atoms with Gasteiger partial charge in [0.25, 0.3) is 0 Å². The molecule has 0 atom stereocenters. The molecule has 0 saturated carbocycles. The molecule has 0 aliphatic heterocycles. The maximum absolute atomic E-state index is 13.6. The van der Waals surface area contributed by atoms with Crippen LogP contribution in [-0.2, 0) is 0 Å². The number of hydrogen-bond donors (Lipinski definition) is 2. The fraction of sp³-hybridized carbons (Fsp3) is 0.0833. The van der Waals surface area contributed by atoms with Crippen LogP contribution in [0.1, 0.15) is 5.69 Å². The Morgan fingerprint density at radius 1 is 1.29 bits per heavy atom. The zero-order chi connectivity index (χ0) is 12.4. The van der Waals surface area contributed by atoms with Crippen LogP contribution in [0.2, 0.25) is 5.02 Å². The highest BCUT2D eigenvalue weighted by molar-refractivity contribution is 6.33. The molecule has 0 unspecified atom stereocenters. The molecule has 1 aromatic heterocycles. The van der Waals surface area contributed by atoms with Crippen molar-refractivity contribution in [3.63, 3.8) is 0 Å². The first-order chi connectivity index (χ1) is 8.08.